The average Bonchev–Trinajstić information content (AvgIpc) is 3.50. The zero-order chi connectivity index (χ0) is 19.8. The Bertz CT molecular complexity index is 1220. The number of nitrogens with zero attached hydrogens (tertiary/aromatic N) is 5. The molecule has 0 radical (unpaired) electrons. The molecule has 4 aromatic rings. The van der Waals surface area contributed by atoms with Crippen LogP contribution in [-0.2, 0) is 6.54 Å². The highest BCUT2D eigenvalue weighted by Crippen LogP contribution is 2.25. The molecule has 1 unspecified atom stereocenters. The highest BCUT2D eigenvalue weighted by atomic mass is 16.2. The van der Waals surface area contributed by atoms with Crippen LogP contribution >= 0.6 is 0 Å². The van der Waals surface area contributed by atoms with Crippen molar-refractivity contribution in [3.63, 3.8) is 0 Å². The fraction of sp³-hybridized carbons (Fsp3) is 0.238. The summed E-state index contributed by atoms with van der Waals surface area (Å²) in [6.07, 6.45) is 8.60. The molecule has 8 nitrogen and oxygen atoms in total. The first-order valence-corrected chi connectivity index (χ1v) is 9.64. The molecule has 1 aromatic carbocycles. The average molecular weight is 388 g/mol. The van der Waals surface area contributed by atoms with Gasteiger partial charge in [0.15, 0.2) is 5.82 Å². The molecule has 1 aliphatic rings. The number of nitrogens with one attached hydrogen (secondary N) is 1. The highest BCUT2D eigenvalue weighted by molar-refractivity contribution is 6.06. The molecule has 29 heavy (non-hydrogen) atoms. The van der Waals surface area contributed by atoms with Crippen molar-refractivity contribution in [3.05, 3.63) is 77.2 Å². The van der Waals surface area contributed by atoms with Crippen molar-refractivity contribution in [1.29, 1.82) is 0 Å². The molecule has 1 saturated heterocycles. The third-order valence-electron chi connectivity index (χ3n) is 5.46. The second kappa shape index (κ2) is 7.05. The number of aromatic amines is 1. The van der Waals surface area contributed by atoms with Gasteiger partial charge in [-0.25, -0.2) is 9.67 Å². The minimum absolute atomic E-state index is 0.0104. The quantitative estimate of drug-likeness (QED) is 0.581. The van der Waals surface area contributed by atoms with Crippen LogP contribution in [0.25, 0.3) is 16.7 Å². The summed E-state index contributed by atoms with van der Waals surface area (Å²) in [5.41, 5.74) is 1.43. The van der Waals surface area contributed by atoms with E-state index in [0.29, 0.717) is 24.5 Å². The van der Waals surface area contributed by atoms with E-state index in [-0.39, 0.29) is 17.5 Å². The molecule has 1 fully saturated rings. The number of para-hydroxylation sites is 1. The van der Waals surface area contributed by atoms with E-state index >= 15 is 0 Å². The lowest BCUT2D eigenvalue weighted by molar-refractivity contribution is 0.0722. The zero-order valence-corrected chi connectivity index (χ0v) is 15.7. The van der Waals surface area contributed by atoms with Gasteiger partial charge in [-0.2, -0.15) is 5.10 Å². The number of hydrogen-bond donors (Lipinski definition) is 1. The number of benzene rings is 1. The molecule has 1 atom stereocenters. The summed E-state index contributed by atoms with van der Waals surface area (Å²) >= 11 is 0. The molecule has 0 saturated carbocycles. The number of carbonyl (C=O) groups is 1. The zero-order valence-electron chi connectivity index (χ0n) is 15.7. The third-order valence-corrected chi connectivity index (χ3v) is 5.46. The number of likely N-dealkylation sites (tertiary alicyclic amines) is 1. The van der Waals surface area contributed by atoms with Gasteiger partial charge in [0.1, 0.15) is 6.33 Å². The van der Waals surface area contributed by atoms with Crippen LogP contribution in [0, 0.1) is 0 Å². The van der Waals surface area contributed by atoms with Crippen LogP contribution in [0.5, 0.6) is 0 Å². The Kier molecular flexibility index (Phi) is 4.23. The maximum Gasteiger partial charge on any atom is 0.266 e. The van der Waals surface area contributed by atoms with E-state index in [1.54, 1.807) is 35.6 Å². The summed E-state index contributed by atoms with van der Waals surface area (Å²) in [6.45, 7) is 1.05. The standard InChI is InChI=1S/C21H20N6O2/c28-20-8-7-19(25-11-9-22-14-25)24-27(20)13-15-4-3-10-26(15)21(29)17-12-23-18-6-2-1-5-16(17)18/h1-2,5-9,11-12,14-15,23H,3-4,10,13H2. The van der Waals surface area contributed by atoms with E-state index in [0.717, 1.165) is 23.7 Å². The van der Waals surface area contributed by atoms with Gasteiger partial charge in [-0.3, -0.25) is 14.2 Å². The lowest BCUT2D eigenvalue weighted by Gasteiger charge is -2.25. The van der Waals surface area contributed by atoms with E-state index in [1.807, 2.05) is 29.2 Å². The first-order valence-electron chi connectivity index (χ1n) is 9.64. The second-order valence-corrected chi connectivity index (χ2v) is 7.22. The molecule has 8 heteroatoms. The van der Waals surface area contributed by atoms with Crippen molar-refractivity contribution in [1.82, 2.24) is 29.2 Å². The van der Waals surface area contributed by atoms with Gasteiger partial charge in [0.05, 0.1) is 18.2 Å². The molecule has 5 rings (SSSR count). The monoisotopic (exact) mass is 388 g/mol. The third kappa shape index (κ3) is 3.12. The van der Waals surface area contributed by atoms with E-state index in [2.05, 4.69) is 15.1 Å². The molecule has 1 aliphatic heterocycles. The molecule has 1 N–H and O–H groups in total. The molecule has 146 valence electrons. The normalized spacial score (nSPS) is 16.6. The van der Waals surface area contributed by atoms with Crippen LogP contribution in [0.4, 0.5) is 0 Å². The fourth-order valence-corrected chi connectivity index (χ4v) is 4.00. The van der Waals surface area contributed by atoms with Gasteiger partial charge in [0.2, 0.25) is 0 Å². The smallest absolute Gasteiger partial charge is 0.266 e. The Labute approximate surface area is 166 Å². The van der Waals surface area contributed by atoms with Gasteiger partial charge in [0.25, 0.3) is 11.5 Å². The van der Waals surface area contributed by atoms with E-state index in [1.165, 1.54) is 10.7 Å². The van der Waals surface area contributed by atoms with E-state index in [9.17, 15) is 9.59 Å². The van der Waals surface area contributed by atoms with Crippen LogP contribution in [-0.4, -0.2) is 47.7 Å². The van der Waals surface area contributed by atoms with Crippen LogP contribution in [0.1, 0.15) is 23.2 Å². The Morgan fingerprint density at radius 3 is 2.97 bits per heavy atom. The maximum absolute atomic E-state index is 13.2. The van der Waals surface area contributed by atoms with Gasteiger partial charge in [-0.05, 0) is 25.0 Å². The van der Waals surface area contributed by atoms with Crippen LogP contribution in [0.3, 0.4) is 0 Å². The predicted molar refractivity (Wildman–Crippen MR) is 108 cm³/mol. The fourth-order valence-electron chi connectivity index (χ4n) is 4.00. The topological polar surface area (TPSA) is 88.8 Å². The van der Waals surface area contributed by atoms with Crippen molar-refractivity contribution in [2.45, 2.75) is 25.4 Å². The van der Waals surface area contributed by atoms with Gasteiger partial charge in [-0.1, -0.05) is 18.2 Å². The van der Waals surface area contributed by atoms with E-state index in [4.69, 9.17) is 0 Å². The highest BCUT2D eigenvalue weighted by Gasteiger charge is 2.31. The van der Waals surface area contributed by atoms with Crippen LogP contribution < -0.4 is 5.56 Å². The predicted octanol–water partition coefficient (Wildman–Crippen LogP) is 2.22. The lowest BCUT2D eigenvalue weighted by Crippen LogP contribution is -2.40. The largest absolute Gasteiger partial charge is 0.360 e. The molecule has 1 amide bonds. The van der Waals surface area contributed by atoms with Crippen LogP contribution in [0.15, 0.2) is 66.1 Å². The number of H-pyrrole nitrogens is 1. The van der Waals surface area contributed by atoms with Gasteiger partial charge >= 0.3 is 0 Å². The summed E-state index contributed by atoms with van der Waals surface area (Å²) in [5, 5.41) is 5.38. The molecule has 0 spiro atoms. The Morgan fingerprint density at radius 2 is 2.10 bits per heavy atom. The second-order valence-electron chi connectivity index (χ2n) is 7.22. The number of rotatable bonds is 4. The van der Waals surface area contributed by atoms with Gasteiger partial charge in [-0.15, -0.1) is 0 Å². The van der Waals surface area contributed by atoms with Crippen LogP contribution in [0.2, 0.25) is 0 Å². The summed E-state index contributed by atoms with van der Waals surface area (Å²) in [4.78, 5) is 34.7. The molecular weight excluding hydrogens is 368 g/mol. The van der Waals surface area contributed by atoms with E-state index < -0.39 is 0 Å². The summed E-state index contributed by atoms with van der Waals surface area (Å²) < 4.78 is 3.19. The Balaban J connectivity index is 1.42. The van der Waals surface area contributed by atoms with Gasteiger partial charge < -0.3 is 9.88 Å². The van der Waals surface area contributed by atoms with Gasteiger partial charge in [0, 0.05) is 42.1 Å². The van der Waals surface area contributed by atoms with Crippen molar-refractivity contribution in [2.24, 2.45) is 0 Å². The van der Waals surface area contributed by atoms with Crippen molar-refractivity contribution in [2.75, 3.05) is 6.54 Å². The first kappa shape index (κ1) is 17.4. The number of amides is 1. The number of fused-ring (bicyclic) bond motifs is 1. The summed E-state index contributed by atoms with van der Waals surface area (Å²) in [6, 6.07) is 10.9. The molecule has 4 heterocycles. The number of aromatic nitrogens is 5. The Hall–Kier alpha value is -3.68. The minimum Gasteiger partial charge on any atom is -0.360 e. The molecule has 3 aromatic heterocycles. The van der Waals surface area contributed by atoms with Crippen molar-refractivity contribution >= 4 is 16.8 Å². The first-order chi connectivity index (χ1) is 14.2. The molecular formula is C21H20N6O2. The maximum atomic E-state index is 13.2. The Morgan fingerprint density at radius 1 is 1.21 bits per heavy atom. The minimum atomic E-state index is -0.180. The molecule has 0 aliphatic carbocycles. The molecule has 0 bridgehead atoms. The number of hydrogen-bond acceptors (Lipinski definition) is 4. The SMILES string of the molecule is O=C(c1c[nH]c2ccccc12)N1CCCC1Cn1nc(-n2ccnc2)ccc1=O. The summed E-state index contributed by atoms with van der Waals surface area (Å²) in [7, 11) is 0. The number of imidazole rings is 1. The number of carbonyl (C=O) groups excluding carboxylic acids is 1. The van der Waals surface area contributed by atoms with Crippen molar-refractivity contribution < 1.29 is 4.79 Å². The lowest BCUT2D eigenvalue weighted by atomic mass is 10.1. The van der Waals surface area contributed by atoms with Crippen molar-refractivity contribution in [3.8, 4) is 5.82 Å². The summed E-state index contributed by atoms with van der Waals surface area (Å²) in [5.74, 6) is 0.610.